The molecule has 0 radical (unpaired) electrons. The van der Waals surface area contributed by atoms with E-state index >= 15 is 0 Å². The van der Waals surface area contributed by atoms with Gasteiger partial charge >= 0.3 is 6.09 Å². The second-order valence-electron chi connectivity index (χ2n) is 9.32. The molecule has 1 aliphatic carbocycles. The Morgan fingerprint density at radius 3 is 2.47 bits per heavy atom. The van der Waals surface area contributed by atoms with E-state index in [1.165, 1.54) is 0 Å². The first-order valence-corrected chi connectivity index (χ1v) is 12.0. The molecule has 3 amide bonds. The number of nitrogens with zero attached hydrogens (tertiary/aromatic N) is 1. The molecule has 0 heterocycles. The molecule has 1 saturated carbocycles. The normalized spacial score (nSPS) is 15.4. The van der Waals surface area contributed by atoms with E-state index in [2.05, 4.69) is 30.2 Å². The highest BCUT2D eigenvalue weighted by molar-refractivity contribution is 7.80. The molecule has 7 nitrogen and oxygen atoms in total. The first-order valence-electron chi connectivity index (χ1n) is 11.3. The van der Waals surface area contributed by atoms with Gasteiger partial charge in [-0.15, -0.1) is 0 Å². The molecule has 1 fully saturated rings. The number of hydrogen-bond donors (Lipinski definition) is 3. The number of rotatable bonds is 10. The summed E-state index contributed by atoms with van der Waals surface area (Å²) in [6.07, 6.45) is 2.79. The molecule has 0 bridgehead atoms. The number of ether oxygens (including phenoxy) is 1. The third kappa shape index (κ3) is 7.73. The van der Waals surface area contributed by atoms with Crippen molar-refractivity contribution in [3.63, 3.8) is 0 Å². The number of thiol groups is 1. The van der Waals surface area contributed by atoms with Crippen molar-refractivity contribution in [2.45, 2.75) is 84.0 Å². The standard InChI is InChI=1S/C24H37N3O4S/c1-6-7-13-25-21(28)20(17-10-8-9-16(2)14-17)27(18-11-12-18)22(29)19(15-32)26-23(30)31-24(3,4)5/h8-10,14,18-20,32H,6-7,11-13,15H2,1-5H3,(H,25,28)(H,26,30). The van der Waals surface area contributed by atoms with Crippen LogP contribution >= 0.6 is 12.6 Å². The van der Waals surface area contributed by atoms with Crippen LogP contribution in [0.5, 0.6) is 0 Å². The largest absolute Gasteiger partial charge is 0.444 e. The van der Waals surface area contributed by atoms with Crippen molar-refractivity contribution in [1.29, 1.82) is 0 Å². The van der Waals surface area contributed by atoms with Crippen LogP contribution in [0.25, 0.3) is 0 Å². The van der Waals surface area contributed by atoms with Crippen LogP contribution in [0.1, 0.15) is 70.5 Å². The molecule has 2 N–H and O–H groups in total. The van der Waals surface area contributed by atoms with Gasteiger partial charge in [0.2, 0.25) is 11.8 Å². The van der Waals surface area contributed by atoms with E-state index in [1.54, 1.807) is 25.7 Å². The Kier molecular flexibility index (Phi) is 9.43. The summed E-state index contributed by atoms with van der Waals surface area (Å²) in [5.74, 6) is -0.441. The van der Waals surface area contributed by atoms with E-state index in [9.17, 15) is 14.4 Å². The van der Waals surface area contributed by atoms with Gasteiger partial charge in [-0.3, -0.25) is 9.59 Å². The average Bonchev–Trinajstić information content (AvgIpc) is 3.53. The van der Waals surface area contributed by atoms with E-state index in [1.807, 2.05) is 31.2 Å². The third-order valence-electron chi connectivity index (χ3n) is 5.08. The van der Waals surface area contributed by atoms with Gasteiger partial charge in [-0.1, -0.05) is 43.2 Å². The van der Waals surface area contributed by atoms with E-state index in [-0.39, 0.29) is 23.6 Å². The van der Waals surface area contributed by atoms with Gasteiger partial charge in [0.25, 0.3) is 0 Å². The molecule has 178 valence electrons. The molecular weight excluding hydrogens is 426 g/mol. The number of nitrogens with one attached hydrogen (secondary N) is 2. The molecule has 0 aromatic heterocycles. The van der Waals surface area contributed by atoms with Crippen LogP contribution < -0.4 is 10.6 Å². The van der Waals surface area contributed by atoms with Crippen molar-refractivity contribution < 1.29 is 19.1 Å². The first-order chi connectivity index (χ1) is 15.1. The number of carbonyl (C=O) groups is 3. The fourth-order valence-corrected chi connectivity index (χ4v) is 3.70. The van der Waals surface area contributed by atoms with E-state index in [4.69, 9.17) is 4.74 Å². The van der Waals surface area contributed by atoms with Gasteiger partial charge < -0.3 is 20.3 Å². The Hall–Kier alpha value is -2.22. The molecule has 0 spiro atoms. The van der Waals surface area contributed by atoms with Crippen LogP contribution in [0.3, 0.4) is 0 Å². The van der Waals surface area contributed by atoms with Crippen LogP contribution in [-0.4, -0.2) is 52.8 Å². The Labute approximate surface area is 197 Å². The molecule has 0 aliphatic heterocycles. The van der Waals surface area contributed by atoms with Gasteiger partial charge in [-0.25, -0.2) is 4.79 Å². The molecule has 0 saturated heterocycles. The summed E-state index contributed by atoms with van der Waals surface area (Å²) in [4.78, 5) is 40.9. The number of aryl methyl sites for hydroxylation is 1. The summed E-state index contributed by atoms with van der Waals surface area (Å²) in [5.41, 5.74) is 1.08. The maximum Gasteiger partial charge on any atom is 0.408 e. The minimum Gasteiger partial charge on any atom is -0.444 e. The lowest BCUT2D eigenvalue weighted by Gasteiger charge is -2.34. The molecular formula is C24H37N3O4S. The zero-order valence-electron chi connectivity index (χ0n) is 19.8. The predicted molar refractivity (Wildman–Crippen MR) is 129 cm³/mol. The average molecular weight is 464 g/mol. The predicted octanol–water partition coefficient (Wildman–Crippen LogP) is 3.77. The van der Waals surface area contributed by atoms with Crippen molar-refractivity contribution >= 4 is 30.5 Å². The zero-order valence-corrected chi connectivity index (χ0v) is 20.7. The topological polar surface area (TPSA) is 87.7 Å². The van der Waals surface area contributed by atoms with Crippen molar-refractivity contribution in [2.75, 3.05) is 12.3 Å². The summed E-state index contributed by atoms with van der Waals surface area (Å²) < 4.78 is 5.32. The molecule has 8 heteroatoms. The van der Waals surface area contributed by atoms with E-state index in [0.717, 1.165) is 36.8 Å². The molecule has 2 atom stereocenters. The van der Waals surface area contributed by atoms with E-state index in [0.29, 0.717) is 6.54 Å². The quantitative estimate of drug-likeness (QED) is 0.364. The van der Waals surface area contributed by atoms with Crippen molar-refractivity contribution in [2.24, 2.45) is 0 Å². The van der Waals surface area contributed by atoms with Crippen molar-refractivity contribution in [3.8, 4) is 0 Å². The van der Waals surface area contributed by atoms with Gasteiger partial charge in [0.15, 0.2) is 0 Å². The van der Waals surface area contributed by atoms with Crippen LogP contribution in [0.15, 0.2) is 24.3 Å². The van der Waals surface area contributed by atoms with Crippen LogP contribution in [0.2, 0.25) is 0 Å². The highest BCUT2D eigenvalue weighted by Gasteiger charge is 2.43. The Balaban J connectivity index is 2.33. The minimum atomic E-state index is -0.899. The van der Waals surface area contributed by atoms with Crippen LogP contribution in [0, 0.1) is 6.92 Å². The molecule has 32 heavy (non-hydrogen) atoms. The van der Waals surface area contributed by atoms with Gasteiger partial charge in [-0.05, 0) is 52.5 Å². The molecule has 1 aliphatic rings. The third-order valence-corrected chi connectivity index (χ3v) is 5.45. The Bertz CT molecular complexity index is 805. The van der Waals surface area contributed by atoms with Crippen molar-refractivity contribution in [1.82, 2.24) is 15.5 Å². The SMILES string of the molecule is CCCCNC(=O)C(c1cccc(C)c1)N(C(=O)C(CS)NC(=O)OC(C)(C)C)C1CC1. The lowest BCUT2D eigenvalue weighted by atomic mass is 10.0. The van der Waals surface area contributed by atoms with Gasteiger partial charge in [0, 0.05) is 18.3 Å². The van der Waals surface area contributed by atoms with Gasteiger partial charge in [0.1, 0.15) is 17.7 Å². The van der Waals surface area contributed by atoms with E-state index < -0.39 is 23.8 Å². The zero-order chi connectivity index (χ0) is 23.9. The summed E-state index contributed by atoms with van der Waals surface area (Å²) >= 11 is 4.30. The highest BCUT2D eigenvalue weighted by Crippen LogP contribution is 2.36. The number of carbonyl (C=O) groups excluding carboxylic acids is 3. The summed E-state index contributed by atoms with van der Waals surface area (Å²) in [6.45, 7) is 9.85. The summed E-state index contributed by atoms with van der Waals surface area (Å²) in [6, 6.07) is 5.94. The number of alkyl carbamates (subject to hydrolysis) is 1. The van der Waals surface area contributed by atoms with Crippen LogP contribution in [0.4, 0.5) is 4.79 Å². The summed E-state index contributed by atoms with van der Waals surface area (Å²) in [5, 5.41) is 5.62. The van der Waals surface area contributed by atoms with Crippen LogP contribution in [-0.2, 0) is 14.3 Å². The minimum absolute atomic E-state index is 0.0484. The van der Waals surface area contributed by atoms with Crippen molar-refractivity contribution in [3.05, 3.63) is 35.4 Å². The van der Waals surface area contributed by atoms with Gasteiger partial charge in [0.05, 0.1) is 0 Å². The monoisotopic (exact) mass is 463 g/mol. The smallest absolute Gasteiger partial charge is 0.408 e. The lowest BCUT2D eigenvalue weighted by Crippen LogP contribution is -2.54. The maximum absolute atomic E-state index is 13.6. The fourth-order valence-electron chi connectivity index (χ4n) is 3.45. The Morgan fingerprint density at radius 1 is 1.25 bits per heavy atom. The number of hydrogen-bond acceptors (Lipinski definition) is 5. The van der Waals surface area contributed by atoms with Gasteiger partial charge in [-0.2, -0.15) is 12.6 Å². The molecule has 1 aromatic carbocycles. The highest BCUT2D eigenvalue weighted by atomic mass is 32.1. The number of amides is 3. The number of benzene rings is 1. The first kappa shape index (κ1) is 26.0. The molecule has 2 rings (SSSR count). The number of unbranched alkanes of at least 4 members (excludes halogenated alkanes) is 1. The maximum atomic E-state index is 13.6. The second kappa shape index (κ2) is 11.6. The molecule has 2 unspecified atom stereocenters. The molecule has 1 aromatic rings. The summed E-state index contributed by atoms with van der Waals surface area (Å²) in [7, 11) is 0. The second-order valence-corrected chi connectivity index (χ2v) is 9.68. The fraction of sp³-hybridized carbons (Fsp3) is 0.625. The lowest BCUT2D eigenvalue weighted by molar-refractivity contribution is -0.142. The Morgan fingerprint density at radius 2 is 1.94 bits per heavy atom.